The molecule has 2 rings (SSSR count). The molecule has 70 valence electrons. The lowest BCUT2D eigenvalue weighted by molar-refractivity contribution is 0.927. The van der Waals surface area contributed by atoms with Crippen LogP contribution in [0.5, 0.6) is 0 Å². The van der Waals surface area contributed by atoms with E-state index in [9.17, 15) is 0 Å². The molecule has 0 atom stereocenters. The number of rotatable bonds is 1. The summed E-state index contributed by atoms with van der Waals surface area (Å²) in [6.45, 7) is 2.02. The van der Waals surface area contributed by atoms with Crippen molar-refractivity contribution in [3.05, 3.63) is 23.9 Å². The average Bonchev–Trinajstić information content (AvgIpc) is 2.57. The van der Waals surface area contributed by atoms with Crippen LogP contribution in [-0.4, -0.2) is 14.4 Å². The minimum atomic E-state index is 0.424. The summed E-state index contributed by atoms with van der Waals surface area (Å²) in [4.78, 5) is 8.28. The van der Waals surface area contributed by atoms with Crippen LogP contribution in [0.15, 0.2) is 12.4 Å². The first-order valence-corrected chi connectivity index (χ1v) is 4.36. The minimum absolute atomic E-state index is 0.424. The van der Waals surface area contributed by atoms with Crippen molar-refractivity contribution in [2.24, 2.45) is 0 Å². The smallest absolute Gasteiger partial charge is 0.150 e. The normalized spacial score (nSPS) is 10.3. The van der Waals surface area contributed by atoms with Crippen LogP contribution in [0.2, 0.25) is 0 Å². The van der Waals surface area contributed by atoms with Gasteiger partial charge in [-0.2, -0.15) is 0 Å². The van der Waals surface area contributed by atoms with E-state index >= 15 is 0 Å². The summed E-state index contributed by atoms with van der Waals surface area (Å²) in [5, 5.41) is 0. The molecule has 2 aromatic heterocycles. The highest BCUT2D eigenvalue weighted by atomic mass is 15.1. The molecule has 0 aliphatic heterocycles. The Morgan fingerprint density at radius 1 is 1.64 bits per heavy atom. The van der Waals surface area contributed by atoms with Gasteiger partial charge in [0, 0.05) is 18.8 Å². The monoisotopic (exact) mass is 186 g/mol. The highest BCUT2D eigenvalue weighted by Crippen LogP contribution is 2.17. The van der Waals surface area contributed by atoms with Gasteiger partial charge in [0.1, 0.15) is 17.0 Å². The SMILES string of the molecule is C#Cc1nc(CC)n2ccnc(N)c12. The van der Waals surface area contributed by atoms with Crippen LogP contribution in [0.25, 0.3) is 5.52 Å². The maximum atomic E-state index is 5.73. The van der Waals surface area contributed by atoms with E-state index in [0.717, 1.165) is 17.8 Å². The molecular formula is C10H10N4. The van der Waals surface area contributed by atoms with Crippen molar-refractivity contribution in [1.82, 2.24) is 14.4 Å². The highest BCUT2D eigenvalue weighted by molar-refractivity contribution is 5.72. The van der Waals surface area contributed by atoms with Crippen LogP contribution < -0.4 is 5.73 Å². The summed E-state index contributed by atoms with van der Waals surface area (Å²) < 4.78 is 1.89. The zero-order valence-electron chi connectivity index (χ0n) is 7.86. The van der Waals surface area contributed by atoms with Gasteiger partial charge in [0.05, 0.1) is 0 Å². The largest absolute Gasteiger partial charge is 0.382 e. The second-order valence-electron chi connectivity index (χ2n) is 2.91. The summed E-state index contributed by atoms with van der Waals surface area (Å²) in [5.41, 5.74) is 7.02. The maximum Gasteiger partial charge on any atom is 0.150 e. The lowest BCUT2D eigenvalue weighted by Gasteiger charge is -1.98. The van der Waals surface area contributed by atoms with Crippen LogP contribution >= 0.6 is 0 Å². The second-order valence-corrected chi connectivity index (χ2v) is 2.91. The number of terminal acetylenes is 1. The Balaban J connectivity index is 2.91. The molecular weight excluding hydrogens is 176 g/mol. The van der Waals surface area contributed by atoms with Crippen molar-refractivity contribution in [3.8, 4) is 12.3 Å². The lowest BCUT2D eigenvalue weighted by Crippen LogP contribution is -1.97. The van der Waals surface area contributed by atoms with Crippen LogP contribution in [0.1, 0.15) is 18.4 Å². The number of nitrogens with zero attached hydrogens (tertiary/aromatic N) is 3. The Morgan fingerprint density at radius 3 is 3.07 bits per heavy atom. The van der Waals surface area contributed by atoms with Crippen LogP contribution in [0.4, 0.5) is 5.82 Å². The molecule has 0 radical (unpaired) electrons. The van der Waals surface area contributed by atoms with Gasteiger partial charge in [0.25, 0.3) is 0 Å². The Bertz CT molecular complexity index is 519. The number of aryl methyl sites for hydroxylation is 1. The molecule has 0 unspecified atom stereocenters. The molecule has 0 saturated carbocycles. The van der Waals surface area contributed by atoms with Crippen molar-refractivity contribution < 1.29 is 0 Å². The maximum absolute atomic E-state index is 5.73. The summed E-state index contributed by atoms with van der Waals surface area (Å²) in [6, 6.07) is 0. The fourth-order valence-electron chi connectivity index (χ4n) is 1.48. The number of anilines is 1. The predicted octanol–water partition coefficient (Wildman–Crippen LogP) is 0.855. The Hall–Kier alpha value is -2.02. The second kappa shape index (κ2) is 3.04. The minimum Gasteiger partial charge on any atom is -0.382 e. The number of nitrogen functional groups attached to an aromatic ring is 1. The number of fused-ring (bicyclic) bond motifs is 1. The zero-order valence-corrected chi connectivity index (χ0v) is 7.86. The standard InChI is InChI=1S/C10H10N4/c1-3-7-9-10(11)12-5-6-14(9)8(4-2)13-7/h1,5-6H,4H2,2H3,(H2,11,12). The molecule has 0 bridgehead atoms. The van der Waals surface area contributed by atoms with E-state index in [2.05, 4.69) is 15.9 Å². The Morgan fingerprint density at radius 2 is 2.43 bits per heavy atom. The molecule has 4 heteroatoms. The number of hydrogen-bond acceptors (Lipinski definition) is 3. The molecule has 14 heavy (non-hydrogen) atoms. The van der Waals surface area contributed by atoms with Crippen LogP contribution in [0, 0.1) is 12.3 Å². The first-order chi connectivity index (χ1) is 6.77. The van der Waals surface area contributed by atoms with Gasteiger partial charge >= 0.3 is 0 Å². The van der Waals surface area contributed by atoms with Gasteiger partial charge in [-0.1, -0.05) is 6.92 Å². The van der Waals surface area contributed by atoms with Gasteiger partial charge in [-0.05, 0) is 5.92 Å². The lowest BCUT2D eigenvalue weighted by atomic mass is 10.4. The van der Waals surface area contributed by atoms with E-state index < -0.39 is 0 Å². The number of imidazole rings is 1. The summed E-state index contributed by atoms with van der Waals surface area (Å²) in [6.07, 6.45) is 9.62. The van der Waals surface area contributed by atoms with Crippen molar-refractivity contribution in [1.29, 1.82) is 0 Å². The van der Waals surface area contributed by atoms with E-state index in [4.69, 9.17) is 12.2 Å². The summed E-state index contributed by atoms with van der Waals surface area (Å²) >= 11 is 0. The summed E-state index contributed by atoms with van der Waals surface area (Å²) in [7, 11) is 0. The zero-order chi connectivity index (χ0) is 10.1. The first kappa shape index (κ1) is 8.57. The molecule has 4 nitrogen and oxygen atoms in total. The molecule has 0 aliphatic carbocycles. The molecule has 0 aromatic carbocycles. The van der Waals surface area contributed by atoms with Crippen LogP contribution in [0.3, 0.4) is 0 Å². The third kappa shape index (κ3) is 1.03. The van der Waals surface area contributed by atoms with Gasteiger partial charge in [-0.3, -0.25) is 4.40 Å². The molecule has 0 aliphatic rings. The molecule has 0 amide bonds. The van der Waals surface area contributed by atoms with Gasteiger partial charge in [-0.25, -0.2) is 9.97 Å². The van der Waals surface area contributed by atoms with Crippen molar-refractivity contribution >= 4 is 11.3 Å². The average molecular weight is 186 g/mol. The molecule has 2 heterocycles. The Labute approximate surface area is 81.8 Å². The topological polar surface area (TPSA) is 56.2 Å². The summed E-state index contributed by atoms with van der Waals surface area (Å²) in [5.74, 6) is 3.84. The van der Waals surface area contributed by atoms with Crippen molar-refractivity contribution in [2.75, 3.05) is 5.73 Å². The van der Waals surface area contributed by atoms with Gasteiger partial charge in [0.2, 0.25) is 0 Å². The highest BCUT2D eigenvalue weighted by Gasteiger charge is 2.10. The first-order valence-electron chi connectivity index (χ1n) is 4.36. The third-order valence-corrected chi connectivity index (χ3v) is 2.11. The van der Waals surface area contributed by atoms with E-state index in [1.807, 2.05) is 17.5 Å². The Kier molecular flexibility index (Phi) is 1.86. The quantitative estimate of drug-likeness (QED) is 0.672. The van der Waals surface area contributed by atoms with E-state index in [1.165, 1.54) is 0 Å². The number of aromatic nitrogens is 3. The molecule has 2 aromatic rings. The predicted molar refractivity (Wildman–Crippen MR) is 54.7 cm³/mol. The van der Waals surface area contributed by atoms with Gasteiger partial charge in [-0.15, -0.1) is 6.42 Å². The van der Waals surface area contributed by atoms with E-state index in [0.29, 0.717) is 11.5 Å². The fourth-order valence-corrected chi connectivity index (χ4v) is 1.48. The van der Waals surface area contributed by atoms with E-state index in [1.54, 1.807) is 6.20 Å². The van der Waals surface area contributed by atoms with Gasteiger partial charge in [0.15, 0.2) is 5.82 Å². The van der Waals surface area contributed by atoms with Crippen molar-refractivity contribution in [3.63, 3.8) is 0 Å². The fraction of sp³-hybridized carbons (Fsp3) is 0.200. The number of hydrogen-bond donors (Lipinski definition) is 1. The number of nitrogens with two attached hydrogens (primary N) is 1. The molecule has 0 fully saturated rings. The van der Waals surface area contributed by atoms with Gasteiger partial charge < -0.3 is 5.73 Å². The molecule has 2 N–H and O–H groups in total. The van der Waals surface area contributed by atoms with Crippen LogP contribution in [-0.2, 0) is 6.42 Å². The molecule has 0 spiro atoms. The molecule has 0 saturated heterocycles. The van der Waals surface area contributed by atoms with E-state index in [-0.39, 0.29) is 0 Å². The third-order valence-electron chi connectivity index (χ3n) is 2.11. The van der Waals surface area contributed by atoms with Crippen molar-refractivity contribution in [2.45, 2.75) is 13.3 Å².